The van der Waals surface area contributed by atoms with Gasteiger partial charge in [0.2, 0.25) is 0 Å². The Morgan fingerprint density at radius 1 is 1.28 bits per heavy atom. The molecule has 18 heavy (non-hydrogen) atoms. The summed E-state index contributed by atoms with van der Waals surface area (Å²) in [6.45, 7) is 2.04. The van der Waals surface area contributed by atoms with E-state index in [1.807, 2.05) is 36.6 Å². The first kappa shape index (κ1) is 13.6. The van der Waals surface area contributed by atoms with Crippen molar-refractivity contribution in [3.05, 3.63) is 53.2 Å². The fraction of sp³-hybridized carbons (Fsp3) is 0.286. The predicted molar refractivity (Wildman–Crippen MR) is 77.6 cm³/mol. The van der Waals surface area contributed by atoms with Crippen molar-refractivity contribution < 1.29 is 4.39 Å². The number of hydrogen-bond acceptors (Lipinski definition) is 3. The molecule has 1 aromatic carbocycles. The summed E-state index contributed by atoms with van der Waals surface area (Å²) < 4.78 is 15.1. The first-order valence-corrected chi connectivity index (χ1v) is 7.68. The second-order valence-corrected chi connectivity index (χ2v) is 6.45. The molecule has 0 spiro atoms. The van der Waals surface area contributed by atoms with Crippen LogP contribution in [-0.4, -0.2) is 6.04 Å². The number of rotatable bonds is 5. The minimum absolute atomic E-state index is 0.0325. The normalized spacial score (nSPS) is 14.4. The van der Waals surface area contributed by atoms with Gasteiger partial charge in [-0.1, -0.05) is 31.2 Å². The topological polar surface area (TPSA) is 26.0 Å². The minimum Gasteiger partial charge on any atom is -0.326 e. The van der Waals surface area contributed by atoms with Crippen LogP contribution in [0.2, 0.25) is 0 Å². The predicted octanol–water partition coefficient (Wildman–Crippen LogP) is 4.46. The van der Waals surface area contributed by atoms with E-state index in [0.717, 1.165) is 6.42 Å². The molecule has 2 aromatic rings. The maximum absolute atomic E-state index is 13.9. The molecule has 96 valence electrons. The fourth-order valence-electron chi connectivity index (χ4n) is 1.76. The van der Waals surface area contributed by atoms with Gasteiger partial charge in [0, 0.05) is 11.6 Å². The monoisotopic (exact) mass is 281 g/mol. The van der Waals surface area contributed by atoms with Gasteiger partial charge in [-0.15, -0.1) is 23.1 Å². The second kappa shape index (κ2) is 6.36. The zero-order valence-corrected chi connectivity index (χ0v) is 11.8. The molecule has 0 aliphatic heterocycles. The molecular weight excluding hydrogens is 265 g/mol. The maximum atomic E-state index is 13.9. The van der Waals surface area contributed by atoms with Crippen LogP contribution in [0.25, 0.3) is 0 Å². The Morgan fingerprint density at radius 3 is 2.67 bits per heavy atom. The van der Waals surface area contributed by atoms with E-state index in [1.54, 1.807) is 29.2 Å². The summed E-state index contributed by atoms with van der Waals surface area (Å²) in [6.07, 6.45) is 0.831. The largest absolute Gasteiger partial charge is 0.326 e. The van der Waals surface area contributed by atoms with Crippen molar-refractivity contribution in [3.8, 4) is 0 Å². The summed E-state index contributed by atoms with van der Waals surface area (Å²) in [7, 11) is 0. The first-order chi connectivity index (χ1) is 8.72. The molecule has 2 rings (SSSR count). The van der Waals surface area contributed by atoms with Gasteiger partial charge in [0.1, 0.15) is 5.82 Å². The Balaban J connectivity index is 2.28. The number of hydrogen-bond donors (Lipinski definition) is 1. The number of halogens is 1. The molecule has 1 nitrogen and oxygen atoms in total. The standard InChI is InChI=1S/C14H16FNS2/c1-2-12(16)14(18-13-8-5-9-17-13)10-6-3-4-7-11(10)15/h3-9,12,14H,2,16H2,1H3. The number of thioether (sulfide) groups is 1. The van der Waals surface area contributed by atoms with Crippen LogP contribution >= 0.6 is 23.1 Å². The quantitative estimate of drug-likeness (QED) is 0.819. The number of thiophene rings is 1. The lowest BCUT2D eigenvalue weighted by molar-refractivity contribution is 0.573. The van der Waals surface area contributed by atoms with Gasteiger partial charge >= 0.3 is 0 Å². The molecule has 0 aliphatic rings. The van der Waals surface area contributed by atoms with E-state index in [9.17, 15) is 4.39 Å². The molecule has 0 saturated carbocycles. The first-order valence-electron chi connectivity index (χ1n) is 5.92. The van der Waals surface area contributed by atoms with Crippen LogP contribution in [-0.2, 0) is 0 Å². The third-order valence-electron chi connectivity index (χ3n) is 2.81. The van der Waals surface area contributed by atoms with Crippen molar-refractivity contribution in [1.29, 1.82) is 0 Å². The molecular formula is C14H16FNS2. The molecule has 1 aromatic heterocycles. The molecule has 4 heteroatoms. The highest BCUT2D eigenvalue weighted by Gasteiger charge is 2.23. The van der Waals surface area contributed by atoms with Gasteiger partial charge in [0.15, 0.2) is 0 Å². The Labute approximate surface area is 115 Å². The van der Waals surface area contributed by atoms with Crippen molar-refractivity contribution in [1.82, 2.24) is 0 Å². The Hall–Kier alpha value is -0.840. The molecule has 0 fully saturated rings. The van der Waals surface area contributed by atoms with Crippen LogP contribution in [0.15, 0.2) is 46.0 Å². The highest BCUT2D eigenvalue weighted by atomic mass is 32.2. The lowest BCUT2D eigenvalue weighted by Crippen LogP contribution is -2.26. The van der Waals surface area contributed by atoms with E-state index >= 15 is 0 Å². The molecule has 2 atom stereocenters. The Bertz CT molecular complexity index is 484. The van der Waals surface area contributed by atoms with Crippen molar-refractivity contribution in [2.75, 3.05) is 0 Å². The van der Waals surface area contributed by atoms with Crippen LogP contribution in [0.5, 0.6) is 0 Å². The Morgan fingerprint density at radius 2 is 2.06 bits per heavy atom. The van der Waals surface area contributed by atoms with Gasteiger partial charge in [-0.25, -0.2) is 4.39 Å². The summed E-state index contributed by atoms with van der Waals surface area (Å²) in [6, 6.07) is 10.9. The van der Waals surface area contributed by atoms with E-state index in [2.05, 4.69) is 0 Å². The lowest BCUT2D eigenvalue weighted by atomic mass is 10.0. The Kier molecular flexibility index (Phi) is 4.80. The third kappa shape index (κ3) is 3.13. The molecule has 0 aliphatic carbocycles. The van der Waals surface area contributed by atoms with Gasteiger partial charge in [0.05, 0.1) is 9.46 Å². The molecule has 2 N–H and O–H groups in total. The summed E-state index contributed by atoms with van der Waals surface area (Å²) in [5.41, 5.74) is 6.85. The van der Waals surface area contributed by atoms with Crippen LogP contribution in [0.4, 0.5) is 4.39 Å². The lowest BCUT2D eigenvalue weighted by Gasteiger charge is -2.22. The van der Waals surface area contributed by atoms with Crippen LogP contribution in [0.3, 0.4) is 0 Å². The van der Waals surface area contributed by atoms with E-state index in [-0.39, 0.29) is 17.1 Å². The highest BCUT2D eigenvalue weighted by molar-refractivity contribution is 8.01. The number of nitrogens with two attached hydrogens (primary N) is 1. The van der Waals surface area contributed by atoms with E-state index in [0.29, 0.717) is 5.56 Å². The minimum atomic E-state index is -0.171. The third-order valence-corrected chi connectivity index (χ3v) is 5.28. The fourth-order valence-corrected chi connectivity index (χ4v) is 4.00. The van der Waals surface area contributed by atoms with Crippen LogP contribution < -0.4 is 5.73 Å². The van der Waals surface area contributed by atoms with Crippen molar-refractivity contribution >= 4 is 23.1 Å². The number of benzene rings is 1. The van der Waals surface area contributed by atoms with Crippen molar-refractivity contribution in [2.45, 2.75) is 28.8 Å². The second-order valence-electron chi connectivity index (χ2n) is 4.06. The summed E-state index contributed by atoms with van der Waals surface area (Å²) >= 11 is 3.31. The van der Waals surface area contributed by atoms with Gasteiger partial charge < -0.3 is 5.73 Å². The summed E-state index contributed by atoms with van der Waals surface area (Å²) in [4.78, 5) is 0. The smallest absolute Gasteiger partial charge is 0.127 e. The van der Waals surface area contributed by atoms with Crippen LogP contribution in [0.1, 0.15) is 24.2 Å². The highest BCUT2D eigenvalue weighted by Crippen LogP contribution is 2.40. The van der Waals surface area contributed by atoms with Crippen molar-refractivity contribution in [2.24, 2.45) is 5.73 Å². The average molecular weight is 281 g/mol. The van der Waals surface area contributed by atoms with E-state index in [1.165, 1.54) is 10.3 Å². The molecule has 0 amide bonds. The molecule has 0 radical (unpaired) electrons. The maximum Gasteiger partial charge on any atom is 0.127 e. The SMILES string of the molecule is CCC(N)C(Sc1cccs1)c1ccccc1F. The summed E-state index contributed by atoms with van der Waals surface area (Å²) in [5, 5.41) is 1.99. The van der Waals surface area contributed by atoms with E-state index in [4.69, 9.17) is 5.73 Å². The summed E-state index contributed by atoms with van der Waals surface area (Å²) in [5.74, 6) is -0.171. The molecule has 0 saturated heterocycles. The average Bonchev–Trinajstić information content (AvgIpc) is 2.89. The van der Waals surface area contributed by atoms with Gasteiger partial charge in [-0.3, -0.25) is 0 Å². The van der Waals surface area contributed by atoms with E-state index < -0.39 is 0 Å². The molecule has 2 unspecified atom stereocenters. The van der Waals surface area contributed by atoms with Crippen molar-refractivity contribution in [3.63, 3.8) is 0 Å². The zero-order chi connectivity index (χ0) is 13.0. The van der Waals surface area contributed by atoms with Gasteiger partial charge in [-0.05, 0) is 23.9 Å². The van der Waals surface area contributed by atoms with Gasteiger partial charge in [-0.2, -0.15) is 0 Å². The molecule has 1 heterocycles. The molecule has 0 bridgehead atoms. The van der Waals surface area contributed by atoms with Crippen LogP contribution in [0, 0.1) is 5.82 Å². The van der Waals surface area contributed by atoms with Gasteiger partial charge in [0.25, 0.3) is 0 Å². The zero-order valence-electron chi connectivity index (χ0n) is 10.2.